The van der Waals surface area contributed by atoms with Gasteiger partial charge in [0.2, 0.25) is 0 Å². The van der Waals surface area contributed by atoms with Crippen molar-refractivity contribution in [3.8, 4) is 11.5 Å². The summed E-state index contributed by atoms with van der Waals surface area (Å²) in [6.07, 6.45) is 1.26. The third-order valence-corrected chi connectivity index (χ3v) is 2.27. The molecule has 0 fully saturated rings. The molecule has 0 spiro atoms. The van der Waals surface area contributed by atoms with Gasteiger partial charge < -0.3 is 10.2 Å². The predicted molar refractivity (Wildman–Crippen MR) is 67.3 cm³/mol. The Morgan fingerprint density at radius 3 is 2.32 bits per heavy atom. The molecule has 0 heterocycles. The van der Waals surface area contributed by atoms with Gasteiger partial charge in [0.15, 0.2) is 0 Å². The largest absolute Gasteiger partial charge is 0.508 e. The van der Waals surface area contributed by atoms with Gasteiger partial charge in [0.25, 0.3) is 0 Å². The van der Waals surface area contributed by atoms with Crippen LogP contribution in [0.4, 0.5) is 14.5 Å². The topological polar surface area (TPSA) is 64.9 Å². The van der Waals surface area contributed by atoms with Crippen LogP contribution in [0.5, 0.6) is 11.5 Å². The summed E-state index contributed by atoms with van der Waals surface area (Å²) < 4.78 is 25.8. The first-order valence-corrected chi connectivity index (χ1v) is 5.32. The molecule has 0 atom stereocenters. The van der Waals surface area contributed by atoms with E-state index in [0.717, 1.165) is 24.3 Å². The van der Waals surface area contributed by atoms with Gasteiger partial charge >= 0.3 is 0 Å². The summed E-state index contributed by atoms with van der Waals surface area (Å²) in [6.45, 7) is 0. The zero-order chi connectivity index (χ0) is 13.8. The van der Waals surface area contributed by atoms with E-state index in [1.807, 2.05) is 0 Å². The Balaban J connectivity index is 2.11. The van der Waals surface area contributed by atoms with E-state index in [1.165, 1.54) is 18.3 Å². The van der Waals surface area contributed by atoms with Gasteiger partial charge in [-0.1, -0.05) is 0 Å². The Labute approximate surface area is 107 Å². The van der Waals surface area contributed by atoms with E-state index in [9.17, 15) is 13.9 Å². The number of phenols is 2. The highest BCUT2D eigenvalue weighted by Gasteiger charge is 2.00. The molecule has 0 saturated heterocycles. The van der Waals surface area contributed by atoms with Gasteiger partial charge in [0, 0.05) is 17.7 Å². The van der Waals surface area contributed by atoms with Crippen LogP contribution in [-0.2, 0) is 0 Å². The van der Waals surface area contributed by atoms with E-state index in [4.69, 9.17) is 5.11 Å². The summed E-state index contributed by atoms with van der Waals surface area (Å²) in [5.41, 5.74) is 2.93. The first-order valence-electron chi connectivity index (χ1n) is 5.32. The van der Waals surface area contributed by atoms with Crippen LogP contribution in [0.2, 0.25) is 0 Å². The number of halogens is 2. The zero-order valence-corrected chi connectivity index (χ0v) is 9.64. The van der Waals surface area contributed by atoms with Crippen LogP contribution >= 0.6 is 0 Å². The minimum absolute atomic E-state index is 0.0742. The second-order valence-corrected chi connectivity index (χ2v) is 3.77. The van der Waals surface area contributed by atoms with Crippen molar-refractivity contribution < 1.29 is 19.0 Å². The fraction of sp³-hybridized carbons (Fsp3) is 0. The third-order valence-electron chi connectivity index (χ3n) is 2.27. The van der Waals surface area contributed by atoms with Crippen molar-refractivity contribution >= 4 is 11.9 Å². The van der Waals surface area contributed by atoms with Crippen molar-refractivity contribution in [2.75, 3.05) is 5.43 Å². The number of hydrogen-bond acceptors (Lipinski definition) is 4. The lowest BCUT2D eigenvalue weighted by molar-refractivity contribution is 0.450. The van der Waals surface area contributed by atoms with Gasteiger partial charge in [-0.15, -0.1) is 0 Å². The third kappa shape index (κ3) is 3.41. The molecule has 0 aliphatic heterocycles. The molecule has 2 aromatic rings. The molecule has 0 saturated carbocycles. The van der Waals surface area contributed by atoms with E-state index in [-0.39, 0.29) is 17.2 Å². The maximum Gasteiger partial charge on any atom is 0.128 e. The van der Waals surface area contributed by atoms with Crippen LogP contribution in [-0.4, -0.2) is 16.4 Å². The van der Waals surface area contributed by atoms with Crippen molar-refractivity contribution in [2.45, 2.75) is 0 Å². The normalized spacial score (nSPS) is 10.8. The molecule has 2 aromatic carbocycles. The van der Waals surface area contributed by atoms with Crippen LogP contribution in [0.1, 0.15) is 5.56 Å². The van der Waals surface area contributed by atoms with Crippen molar-refractivity contribution in [1.29, 1.82) is 0 Å². The number of hydrazone groups is 1. The standard InChI is InChI=1S/C13H10F2N2O2/c14-9-3-10(15)5-11(4-9)17-16-7-8-1-2-12(18)6-13(8)19/h1-7,17-19H/b16-7+. The van der Waals surface area contributed by atoms with Crippen LogP contribution < -0.4 is 5.43 Å². The number of aromatic hydroxyl groups is 2. The Morgan fingerprint density at radius 2 is 1.68 bits per heavy atom. The summed E-state index contributed by atoms with van der Waals surface area (Å²) in [4.78, 5) is 0. The van der Waals surface area contributed by atoms with Gasteiger partial charge in [-0.25, -0.2) is 8.78 Å². The first-order chi connectivity index (χ1) is 9.04. The quantitative estimate of drug-likeness (QED) is 0.590. The van der Waals surface area contributed by atoms with Gasteiger partial charge in [-0.05, 0) is 24.3 Å². The molecule has 98 valence electrons. The van der Waals surface area contributed by atoms with Gasteiger partial charge in [0.05, 0.1) is 11.9 Å². The zero-order valence-electron chi connectivity index (χ0n) is 9.64. The Hall–Kier alpha value is -2.63. The molecule has 0 bridgehead atoms. The second kappa shape index (κ2) is 5.34. The molecule has 4 nitrogen and oxygen atoms in total. The van der Waals surface area contributed by atoms with Gasteiger partial charge in [-0.2, -0.15) is 5.10 Å². The number of nitrogens with zero attached hydrogens (tertiary/aromatic N) is 1. The molecule has 3 N–H and O–H groups in total. The molecular weight excluding hydrogens is 254 g/mol. The lowest BCUT2D eigenvalue weighted by Crippen LogP contribution is -1.93. The smallest absolute Gasteiger partial charge is 0.128 e. The van der Waals surface area contributed by atoms with E-state index in [0.29, 0.717) is 5.56 Å². The van der Waals surface area contributed by atoms with E-state index in [2.05, 4.69) is 10.5 Å². The van der Waals surface area contributed by atoms with Crippen LogP contribution in [0.3, 0.4) is 0 Å². The molecule has 0 aromatic heterocycles. The van der Waals surface area contributed by atoms with Crippen molar-refractivity contribution in [1.82, 2.24) is 0 Å². The fourth-order valence-electron chi connectivity index (χ4n) is 1.44. The minimum atomic E-state index is -0.717. The maximum atomic E-state index is 12.9. The minimum Gasteiger partial charge on any atom is -0.508 e. The average molecular weight is 264 g/mol. The molecule has 0 radical (unpaired) electrons. The molecule has 0 aliphatic rings. The molecule has 2 rings (SSSR count). The number of nitrogens with one attached hydrogen (secondary N) is 1. The lowest BCUT2D eigenvalue weighted by Gasteiger charge is -2.02. The van der Waals surface area contributed by atoms with Crippen LogP contribution in [0.25, 0.3) is 0 Å². The van der Waals surface area contributed by atoms with Gasteiger partial charge in [0.1, 0.15) is 23.1 Å². The average Bonchev–Trinajstić information content (AvgIpc) is 2.30. The fourth-order valence-corrected chi connectivity index (χ4v) is 1.44. The molecule has 0 unspecified atom stereocenters. The first kappa shape index (κ1) is 12.8. The van der Waals surface area contributed by atoms with Crippen molar-refractivity contribution in [2.24, 2.45) is 5.10 Å². The number of rotatable bonds is 3. The van der Waals surface area contributed by atoms with Crippen LogP contribution in [0.15, 0.2) is 41.5 Å². The Bertz CT molecular complexity index is 610. The highest BCUT2D eigenvalue weighted by atomic mass is 19.1. The summed E-state index contributed by atoms with van der Waals surface area (Å²) in [7, 11) is 0. The number of benzene rings is 2. The highest BCUT2D eigenvalue weighted by molar-refractivity contribution is 5.84. The number of phenolic OH excluding ortho intramolecular Hbond substituents is 2. The van der Waals surface area contributed by atoms with Crippen molar-refractivity contribution in [3.05, 3.63) is 53.6 Å². The summed E-state index contributed by atoms with van der Waals surface area (Å²) in [5, 5.41) is 22.3. The Kier molecular flexibility index (Phi) is 3.61. The monoisotopic (exact) mass is 264 g/mol. The van der Waals surface area contributed by atoms with E-state index < -0.39 is 11.6 Å². The molecule has 0 amide bonds. The number of anilines is 1. The molecular formula is C13H10F2N2O2. The number of hydrogen-bond donors (Lipinski definition) is 3. The van der Waals surface area contributed by atoms with Crippen molar-refractivity contribution in [3.63, 3.8) is 0 Å². The van der Waals surface area contributed by atoms with Crippen LogP contribution in [0, 0.1) is 11.6 Å². The molecule has 6 heteroatoms. The highest BCUT2D eigenvalue weighted by Crippen LogP contribution is 2.21. The Morgan fingerprint density at radius 1 is 1.00 bits per heavy atom. The molecule has 0 aliphatic carbocycles. The predicted octanol–water partition coefficient (Wildman–Crippen LogP) is 2.82. The molecule has 19 heavy (non-hydrogen) atoms. The lowest BCUT2D eigenvalue weighted by atomic mass is 10.2. The SMILES string of the molecule is Oc1ccc(/C=N/Nc2cc(F)cc(F)c2)c(O)c1. The maximum absolute atomic E-state index is 12.9. The summed E-state index contributed by atoms with van der Waals surface area (Å²) >= 11 is 0. The van der Waals surface area contributed by atoms with E-state index in [1.54, 1.807) is 0 Å². The van der Waals surface area contributed by atoms with E-state index >= 15 is 0 Å². The summed E-state index contributed by atoms with van der Waals surface area (Å²) in [5.74, 6) is -1.67. The summed E-state index contributed by atoms with van der Waals surface area (Å²) in [6, 6.07) is 6.89. The second-order valence-electron chi connectivity index (χ2n) is 3.77. The van der Waals surface area contributed by atoms with Gasteiger partial charge in [-0.3, -0.25) is 5.43 Å².